The molecule has 0 saturated heterocycles. The summed E-state index contributed by atoms with van der Waals surface area (Å²) in [5, 5.41) is 11.1. The van der Waals surface area contributed by atoms with E-state index in [4.69, 9.17) is 4.42 Å². The van der Waals surface area contributed by atoms with Crippen molar-refractivity contribution in [3.8, 4) is 5.75 Å². The van der Waals surface area contributed by atoms with Crippen LogP contribution in [-0.4, -0.2) is 10.9 Å². The van der Waals surface area contributed by atoms with Crippen LogP contribution in [0.4, 0.5) is 0 Å². The third-order valence-corrected chi connectivity index (χ3v) is 3.73. The van der Waals surface area contributed by atoms with E-state index in [1.807, 2.05) is 13.0 Å². The fourth-order valence-corrected chi connectivity index (χ4v) is 2.75. The molecule has 1 aromatic carbocycles. The summed E-state index contributed by atoms with van der Waals surface area (Å²) in [6.07, 6.45) is 7.00. The standard InChI is InChI=1S/C20H20O4/c1-4-8-14(9-5-2)16(12-13(3)21)18-19(22)15-10-6-7-11-17(15)24-20(18)23/h4-11,16,22H,1,12H2,2-3H3/b9-5-,14-8+. The minimum Gasteiger partial charge on any atom is -0.507 e. The predicted octanol–water partition coefficient (Wildman–Crippen LogP) is 4.25. The number of benzene rings is 1. The van der Waals surface area contributed by atoms with E-state index >= 15 is 0 Å². The van der Waals surface area contributed by atoms with E-state index in [2.05, 4.69) is 6.58 Å². The van der Waals surface area contributed by atoms with Gasteiger partial charge in [-0.05, 0) is 31.6 Å². The van der Waals surface area contributed by atoms with Crippen LogP contribution in [0.1, 0.15) is 31.7 Å². The van der Waals surface area contributed by atoms with Crippen molar-refractivity contribution >= 4 is 16.8 Å². The van der Waals surface area contributed by atoms with Gasteiger partial charge in [0, 0.05) is 12.3 Å². The molecule has 4 heteroatoms. The Bertz CT molecular complexity index is 884. The molecule has 0 aliphatic carbocycles. The summed E-state index contributed by atoms with van der Waals surface area (Å²) >= 11 is 0. The van der Waals surface area contributed by atoms with Crippen molar-refractivity contribution in [1.29, 1.82) is 0 Å². The van der Waals surface area contributed by atoms with Crippen molar-refractivity contribution in [2.45, 2.75) is 26.2 Å². The first-order chi connectivity index (χ1) is 11.5. The van der Waals surface area contributed by atoms with Gasteiger partial charge in [0.25, 0.3) is 0 Å². The second kappa shape index (κ2) is 7.59. The smallest absolute Gasteiger partial charge is 0.343 e. The highest BCUT2D eigenvalue weighted by Crippen LogP contribution is 2.36. The molecule has 0 bridgehead atoms. The lowest BCUT2D eigenvalue weighted by Gasteiger charge is -2.18. The van der Waals surface area contributed by atoms with Gasteiger partial charge in [-0.15, -0.1) is 0 Å². The van der Waals surface area contributed by atoms with E-state index in [1.165, 1.54) is 6.92 Å². The van der Waals surface area contributed by atoms with Crippen molar-refractivity contribution in [2.24, 2.45) is 0 Å². The van der Waals surface area contributed by atoms with Crippen LogP contribution in [-0.2, 0) is 4.79 Å². The average molecular weight is 324 g/mol. The zero-order valence-electron chi connectivity index (χ0n) is 13.8. The molecule has 0 spiro atoms. The third-order valence-electron chi connectivity index (χ3n) is 3.73. The zero-order chi connectivity index (χ0) is 17.7. The molecule has 4 nitrogen and oxygen atoms in total. The number of para-hydroxylation sites is 1. The van der Waals surface area contributed by atoms with Crippen molar-refractivity contribution in [2.75, 3.05) is 0 Å². The van der Waals surface area contributed by atoms with E-state index in [0.29, 0.717) is 16.5 Å². The van der Waals surface area contributed by atoms with E-state index in [9.17, 15) is 14.7 Å². The van der Waals surface area contributed by atoms with Crippen LogP contribution >= 0.6 is 0 Å². The normalized spacial score (nSPS) is 13.3. The van der Waals surface area contributed by atoms with Gasteiger partial charge in [-0.25, -0.2) is 4.79 Å². The molecule has 0 radical (unpaired) electrons. The summed E-state index contributed by atoms with van der Waals surface area (Å²) < 4.78 is 5.34. The van der Waals surface area contributed by atoms with Crippen molar-refractivity contribution in [1.82, 2.24) is 0 Å². The molecule has 0 amide bonds. The van der Waals surface area contributed by atoms with Gasteiger partial charge in [0.1, 0.15) is 17.1 Å². The predicted molar refractivity (Wildman–Crippen MR) is 95.3 cm³/mol. The summed E-state index contributed by atoms with van der Waals surface area (Å²) in [7, 11) is 0. The Labute approximate surface area is 140 Å². The first kappa shape index (κ1) is 17.5. The average Bonchev–Trinajstić information content (AvgIpc) is 2.53. The molecule has 2 rings (SSSR count). The number of Topliss-reactive ketones (excluding diaryl/α,β-unsaturated/α-hetero) is 1. The first-order valence-electron chi connectivity index (χ1n) is 7.69. The highest BCUT2D eigenvalue weighted by atomic mass is 16.4. The topological polar surface area (TPSA) is 67.5 Å². The lowest BCUT2D eigenvalue weighted by atomic mass is 9.86. The summed E-state index contributed by atoms with van der Waals surface area (Å²) in [5.74, 6) is -0.837. The Morgan fingerprint density at radius 3 is 2.71 bits per heavy atom. The van der Waals surface area contributed by atoms with E-state index < -0.39 is 11.5 Å². The van der Waals surface area contributed by atoms with Gasteiger partial charge in [-0.2, -0.15) is 0 Å². The molecule has 0 saturated carbocycles. The largest absolute Gasteiger partial charge is 0.507 e. The van der Waals surface area contributed by atoms with Gasteiger partial charge in [0.15, 0.2) is 0 Å². The Morgan fingerprint density at radius 2 is 2.08 bits per heavy atom. The van der Waals surface area contributed by atoms with Crippen LogP contribution in [0.2, 0.25) is 0 Å². The molecule has 2 aromatic rings. The molecular formula is C20H20O4. The Balaban J connectivity index is 2.77. The van der Waals surface area contributed by atoms with Crippen LogP contribution in [0.5, 0.6) is 5.75 Å². The second-order valence-corrected chi connectivity index (χ2v) is 5.51. The SMILES string of the molecule is C=C/C=C(\C=C/C)C(CC(C)=O)c1c(O)c2ccccc2oc1=O. The fraction of sp³-hybridized carbons (Fsp3) is 0.200. The second-order valence-electron chi connectivity index (χ2n) is 5.51. The van der Waals surface area contributed by atoms with Crippen LogP contribution in [0, 0.1) is 0 Å². The number of allylic oxidation sites excluding steroid dienone is 5. The number of aromatic hydroxyl groups is 1. The number of hydrogen-bond donors (Lipinski definition) is 1. The maximum absolute atomic E-state index is 12.5. The number of carbonyl (C=O) groups excluding carboxylic acids is 1. The lowest BCUT2D eigenvalue weighted by Crippen LogP contribution is -2.16. The lowest BCUT2D eigenvalue weighted by molar-refractivity contribution is -0.117. The molecule has 124 valence electrons. The van der Waals surface area contributed by atoms with E-state index in [0.717, 1.165) is 0 Å². The Kier molecular flexibility index (Phi) is 5.53. The summed E-state index contributed by atoms with van der Waals surface area (Å²) in [6.45, 7) is 6.96. The maximum atomic E-state index is 12.5. The van der Waals surface area contributed by atoms with E-state index in [-0.39, 0.29) is 23.5 Å². The molecule has 1 aromatic heterocycles. The first-order valence-corrected chi connectivity index (χ1v) is 7.69. The zero-order valence-corrected chi connectivity index (χ0v) is 13.8. The van der Waals surface area contributed by atoms with Crippen LogP contribution in [0.3, 0.4) is 0 Å². The molecule has 0 aliphatic rings. The van der Waals surface area contributed by atoms with Gasteiger partial charge in [0.2, 0.25) is 0 Å². The van der Waals surface area contributed by atoms with Crippen LogP contribution in [0.25, 0.3) is 11.0 Å². The maximum Gasteiger partial charge on any atom is 0.343 e. The van der Waals surface area contributed by atoms with Crippen LogP contribution in [0.15, 0.2) is 69.9 Å². The van der Waals surface area contributed by atoms with Crippen molar-refractivity contribution in [3.05, 3.63) is 76.7 Å². The molecule has 24 heavy (non-hydrogen) atoms. The molecule has 0 aliphatic heterocycles. The molecule has 1 unspecified atom stereocenters. The minimum atomic E-state index is -0.642. The fourth-order valence-electron chi connectivity index (χ4n) is 2.75. The minimum absolute atomic E-state index is 0.0840. The monoisotopic (exact) mass is 324 g/mol. The number of fused-ring (bicyclic) bond motifs is 1. The van der Waals surface area contributed by atoms with E-state index in [1.54, 1.807) is 42.5 Å². The number of carbonyl (C=O) groups is 1. The highest BCUT2D eigenvalue weighted by Gasteiger charge is 2.26. The molecule has 1 atom stereocenters. The molecule has 1 N–H and O–H groups in total. The number of ketones is 1. The van der Waals surface area contributed by atoms with Gasteiger partial charge < -0.3 is 9.52 Å². The van der Waals surface area contributed by atoms with Gasteiger partial charge in [0.05, 0.1) is 10.9 Å². The van der Waals surface area contributed by atoms with Crippen LogP contribution < -0.4 is 5.63 Å². The highest BCUT2D eigenvalue weighted by molar-refractivity contribution is 5.85. The number of rotatable bonds is 6. The summed E-state index contributed by atoms with van der Waals surface area (Å²) in [6, 6.07) is 6.76. The van der Waals surface area contributed by atoms with Gasteiger partial charge >= 0.3 is 5.63 Å². The quantitative estimate of drug-likeness (QED) is 0.637. The Morgan fingerprint density at radius 1 is 1.38 bits per heavy atom. The Hall–Kier alpha value is -2.88. The summed E-state index contributed by atoms with van der Waals surface area (Å²) in [5.41, 5.74) is 0.471. The third kappa shape index (κ3) is 3.54. The molecule has 1 heterocycles. The summed E-state index contributed by atoms with van der Waals surface area (Å²) in [4.78, 5) is 24.2. The number of hydrogen-bond acceptors (Lipinski definition) is 4. The molecule has 0 fully saturated rings. The van der Waals surface area contributed by atoms with Gasteiger partial charge in [-0.1, -0.05) is 43.0 Å². The van der Waals surface area contributed by atoms with Crippen molar-refractivity contribution < 1.29 is 14.3 Å². The molecular weight excluding hydrogens is 304 g/mol. The van der Waals surface area contributed by atoms with Crippen molar-refractivity contribution in [3.63, 3.8) is 0 Å². The van der Waals surface area contributed by atoms with Gasteiger partial charge in [-0.3, -0.25) is 4.79 Å².